The largest absolute Gasteiger partial charge is 0.334 e. The second kappa shape index (κ2) is 3.20. The zero-order valence-electron chi connectivity index (χ0n) is 7.92. The maximum atomic E-state index is 5.07. The fourth-order valence-corrected chi connectivity index (χ4v) is 1.70. The molecular weight excluding hydrogens is 188 g/mol. The molecule has 0 unspecified atom stereocenters. The maximum Gasteiger partial charge on any atom is 0.258 e. The van der Waals surface area contributed by atoms with E-state index in [1.165, 1.54) is 11.7 Å². The molecule has 0 radical (unpaired) electrons. The van der Waals surface area contributed by atoms with Crippen LogP contribution >= 0.6 is 0 Å². The Kier molecular flexibility index (Phi) is 1.75. The van der Waals surface area contributed by atoms with Crippen molar-refractivity contribution in [2.45, 2.75) is 0 Å². The molecular formula is C12H8N2O. The van der Waals surface area contributed by atoms with Crippen molar-refractivity contribution in [2.75, 3.05) is 0 Å². The molecule has 3 rings (SSSR count). The van der Waals surface area contributed by atoms with Crippen molar-refractivity contribution in [2.24, 2.45) is 0 Å². The molecule has 0 saturated heterocycles. The van der Waals surface area contributed by atoms with E-state index in [-0.39, 0.29) is 0 Å². The monoisotopic (exact) mass is 196 g/mol. The summed E-state index contributed by atoms with van der Waals surface area (Å²) in [5.74, 6) is 0.562. The van der Waals surface area contributed by atoms with Crippen LogP contribution in [0.3, 0.4) is 0 Å². The van der Waals surface area contributed by atoms with E-state index < -0.39 is 0 Å². The van der Waals surface area contributed by atoms with Gasteiger partial charge in [-0.2, -0.15) is 4.98 Å². The molecule has 0 bridgehead atoms. The normalized spacial score (nSPS) is 10.7. The Balaban J connectivity index is 2.36. The van der Waals surface area contributed by atoms with Crippen LogP contribution in [0.2, 0.25) is 0 Å². The molecule has 1 heterocycles. The topological polar surface area (TPSA) is 38.9 Å². The summed E-state index contributed by atoms with van der Waals surface area (Å²) in [5, 5.41) is 5.92. The summed E-state index contributed by atoms with van der Waals surface area (Å²) >= 11 is 0. The van der Waals surface area contributed by atoms with Crippen molar-refractivity contribution in [3.8, 4) is 11.5 Å². The molecule has 0 N–H and O–H groups in total. The third kappa shape index (κ3) is 1.29. The van der Waals surface area contributed by atoms with E-state index in [0.717, 1.165) is 10.9 Å². The van der Waals surface area contributed by atoms with Gasteiger partial charge in [-0.3, -0.25) is 0 Å². The van der Waals surface area contributed by atoms with Crippen molar-refractivity contribution in [1.82, 2.24) is 10.1 Å². The van der Waals surface area contributed by atoms with E-state index in [2.05, 4.69) is 28.3 Å². The van der Waals surface area contributed by atoms with Crippen LogP contribution in [0.1, 0.15) is 0 Å². The first-order chi connectivity index (χ1) is 7.45. The van der Waals surface area contributed by atoms with Crippen LogP contribution in [0.15, 0.2) is 53.3 Å². The fraction of sp³-hybridized carbons (Fsp3) is 0. The highest BCUT2D eigenvalue weighted by atomic mass is 16.5. The summed E-state index contributed by atoms with van der Waals surface area (Å²) in [6.45, 7) is 0. The van der Waals surface area contributed by atoms with E-state index in [0.29, 0.717) is 5.89 Å². The van der Waals surface area contributed by atoms with Crippen LogP contribution in [0.4, 0.5) is 0 Å². The van der Waals surface area contributed by atoms with Crippen LogP contribution in [0, 0.1) is 0 Å². The molecule has 72 valence electrons. The number of nitrogens with zero attached hydrogens (tertiary/aromatic N) is 2. The summed E-state index contributed by atoms with van der Waals surface area (Å²) in [4.78, 5) is 4.06. The lowest BCUT2D eigenvalue weighted by Gasteiger charge is -2.01. The van der Waals surface area contributed by atoms with Crippen molar-refractivity contribution in [1.29, 1.82) is 0 Å². The van der Waals surface area contributed by atoms with Gasteiger partial charge in [0.2, 0.25) is 0 Å². The Morgan fingerprint density at radius 2 is 1.80 bits per heavy atom. The van der Waals surface area contributed by atoms with Gasteiger partial charge in [-0.1, -0.05) is 41.6 Å². The molecule has 0 amide bonds. The van der Waals surface area contributed by atoms with E-state index >= 15 is 0 Å². The molecule has 15 heavy (non-hydrogen) atoms. The molecule has 3 aromatic rings. The predicted octanol–water partition coefficient (Wildman–Crippen LogP) is 2.89. The Morgan fingerprint density at radius 3 is 2.67 bits per heavy atom. The van der Waals surface area contributed by atoms with Gasteiger partial charge in [-0.25, -0.2) is 0 Å². The average Bonchev–Trinajstić information content (AvgIpc) is 2.82. The van der Waals surface area contributed by atoms with Crippen molar-refractivity contribution in [3.63, 3.8) is 0 Å². The van der Waals surface area contributed by atoms with E-state index in [1.807, 2.05) is 24.3 Å². The Bertz CT molecular complexity index is 582. The Morgan fingerprint density at radius 1 is 0.933 bits per heavy atom. The molecule has 1 aromatic heterocycles. The van der Waals surface area contributed by atoms with E-state index in [9.17, 15) is 0 Å². The fourth-order valence-electron chi connectivity index (χ4n) is 1.70. The van der Waals surface area contributed by atoms with Crippen molar-refractivity contribution >= 4 is 10.8 Å². The third-order valence-corrected chi connectivity index (χ3v) is 2.38. The minimum absolute atomic E-state index is 0.562. The van der Waals surface area contributed by atoms with Crippen molar-refractivity contribution in [3.05, 3.63) is 48.8 Å². The third-order valence-electron chi connectivity index (χ3n) is 2.38. The lowest BCUT2D eigenvalue weighted by Crippen LogP contribution is -1.80. The van der Waals surface area contributed by atoms with Crippen LogP contribution < -0.4 is 0 Å². The van der Waals surface area contributed by atoms with Crippen LogP contribution in [0.5, 0.6) is 0 Å². The minimum atomic E-state index is 0.562. The van der Waals surface area contributed by atoms with Crippen LogP contribution in [-0.4, -0.2) is 10.1 Å². The second-order valence-electron chi connectivity index (χ2n) is 3.27. The summed E-state index contributed by atoms with van der Waals surface area (Å²) in [6, 6.07) is 14.2. The van der Waals surface area contributed by atoms with Gasteiger partial charge >= 0.3 is 0 Å². The van der Waals surface area contributed by atoms with E-state index in [1.54, 1.807) is 0 Å². The number of aromatic nitrogens is 2. The number of benzene rings is 2. The maximum absolute atomic E-state index is 5.07. The summed E-state index contributed by atoms with van der Waals surface area (Å²) < 4.78 is 5.07. The zero-order valence-corrected chi connectivity index (χ0v) is 7.92. The molecule has 3 nitrogen and oxygen atoms in total. The lowest BCUT2D eigenvalue weighted by atomic mass is 10.0. The lowest BCUT2D eigenvalue weighted by molar-refractivity contribution is 0.430. The quantitative estimate of drug-likeness (QED) is 0.600. The van der Waals surface area contributed by atoms with Crippen LogP contribution in [-0.2, 0) is 0 Å². The zero-order chi connectivity index (χ0) is 10.1. The first kappa shape index (κ1) is 8.17. The Labute approximate surface area is 86.4 Å². The SMILES string of the molecule is c1ccc2c(-c3ncno3)cccc2c1. The molecule has 3 heteroatoms. The number of hydrogen-bond acceptors (Lipinski definition) is 3. The molecule has 0 spiro atoms. The van der Waals surface area contributed by atoms with Gasteiger partial charge in [0.05, 0.1) is 0 Å². The molecule has 0 aliphatic rings. The van der Waals surface area contributed by atoms with Gasteiger partial charge < -0.3 is 4.52 Å². The molecule has 0 aliphatic heterocycles. The van der Waals surface area contributed by atoms with Gasteiger partial charge in [0, 0.05) is 5.56 Å². The van der Waals surface area contributed by atoms with Crippen LogP contribution in [0.25, 0.3) is 22.2 Å². The van der Waals surface area contributed by atoms with Gasteiger partial charge in [-0.05, 0) is 16.8 Å². The number of fused-ring (bicyclic) bond motifs is 1. The second-order valence-corrected chi connectivity index (χ2v) is 3.27. The molecule has 2 aromatic carbocycles. The van der Waals surface area contributed by atoms with E-state index in [4.69, 9.17) is 4.52 Å². The summed E-state index contributed by atoms with van der Waals surface area (Å²) in [6.07, 6.45) is 1.41. The minimum Gasteiger partial charge on any atom is -0.334 e. The van der Waals surface area contributed by atoms with Gasteiger partial charge in [0.1, 0.15) is 0 Å². The summed E-state index contributed by atoms with van der Waals surface area (Å²) in [5.41, 5.74) is 0.977. The van der Waals surface area contributed by atoms with Gasteiger partial charge in [0.15, 0.2) is 6.33 Å². The Hall–Kier alpha value is -2.16. The molecule has 0 atom stereocenters. The highest BCUT2D eigenvalue weighted by molar-refractivity contribution is 5.94. The highest BCUT2D eigenvalue weighted by Crippen LogP contribution is 2.26. The van der Waals surface area contributed by atoms with Gasteiger partial charge in [0.25, 0.3) is 5.89 Å². The van der Waals surface area contributed by atoms with Crippen molar-refractivity contribution < 1.29 is 4.52 Å². The highest BCUT2D eigenvalue weighted by Gasteiger charge is 2.06. The average molecular weight is 196 g/mol. The summed E-state index contributed by atoms with van der Waals surface area (Å²) in [7, 11) is 0. The number of hydrogen-bond donors (Lipinski definition) is 0. The molecule has 0 saturated carbocycles. The molecule has 0 aliphatic carbocycles. The number of rotatable bonds is 1. The first-order valence-corrected chi connectivity index (χ1v) is 4.70. The smallest absolute Gasteiger partial charge is 0.258 e. The first-order valence-electron chi connectivity index (χ1n) is 4.70. The van der Waals surface area contributed by atoms with Gasteiger partial charge in [-0.15, -0.1) is 0 Å². The molecule has 0 fully saturated rings. The predicted molar refractivity (Wildman–Crippen MR) is 57.2 cm³/mol. The standard InChI is InChI=1S/C12H8N2O/c1-2-6-10-9(4-1)5-3-7-11(10)12-13-8-14-15-12/h1-8H.